The summed E-state index contributed by atoms with van der Waals surface area (Å²) in [6.45, 7) is 35.2. The Bertz CT molecular complexity index is 7010. The van der Waals surface area contributed by atoms with Crippen molar-refractivity contribution in [3.8, 4) is 17.2 Å². The number of Topliss-reactive ketones (excluding diaryl/α,β-unsaturated/α-hetero) is 1. The van der Waals surface area contributed by atoms with E-state index >= 15 is 0 Å². The highest BCUT2D eigenvalue weighted by Gasteiger charge is 2.40. The van der Waals surface area contributed by atoms with Crippen molar-refractivity contribution in [1.82, 2.24) is 0 Å². The Balaban J connectivity index is 0.000000166. The Morgan fingerprint density at radius 1 is 0.356 bits per heavy atom. The second-order valence-corrected chi connectivity index (χ2v) is 44.4. The van der Waals surface area contributed by atoms with Gasteiger partial charge in [-0.15, -0.1) is 0 Å². The molecule has 149 heavy (non-hydrogen) atoms. The number of hydrogen-bond donors (Lipinski definition) is 3. The van der Waals surface area contributed by atoms with Crippen LogP contribution in [0.1, 0.15) is 329 Å². The Morgan fingerprint density at radius 2 is 0.685 bits per heavy atom. The summed E-state index contributed by atoms with van der Waals surface area (Å²) < 4.78 is 50.7. The number of anilines is 4. The number of amides is 4. The quantitative estimate of drug-likeness (QED) is 0.0257. The minimum atomic E-state index is -1.12. The van der Waals surface area contributed by atoms with E-state index in [2.05, 4.69) is 43.6 Å². The van der Waals surface area contributed by atoms with Crippen LogP contribution >= 0.6 is 15.9 Å². The minimum absolute atomic E-state index is 0.000397. The number of carboxylic acid groups (broad SMARTS) is 2. The van der Waals surface area contributed by atoms with Crippen molar-refractivity contribution in [3.05, 3.63) is 206 Å². The summed E-state index contributed by atoms with van der Waals surface area (Å²) in [5.74, 6) is -1.52. The van der Waals surface area contributed by atoms with E-state index in [1.807, 2.05) is 109 Å². The molecule has 3 aromatic heterocycles. The molecule has 29 heteroatoms. The first kappa shape index (κ1) is 112. The van der Waals surface area contributed by atoms with Crippen LogP contribution in [0.15, 0.2) is 169 Å². The maximum Gasteiger partial charge on any atom is 0.340 e. The Morgan fingerprint density at radius 3 is 1.04 bits per heavy atom. The van der Waals surface area contributed by atoms with Crippen LogP contribution in [0.5, 0.6) is 17.2 Å². The summed E-state index contributed by atoms with van der Waals surface area (Å²) in [5, 5.41) is 33.3. The van der Waals surface area contributed by atoms with Gasteiger partial charge < -0.3 is 76.6 Å². The highest BCUT2D eigenvalue weighted by molar-refractivity contribution is 9.10. The molecule has 4 aliphatic rings. The van der Waals surface area contributed by atoms with Crippen LogP contribution in [0.4, 0.5) is 22.7 Å². The molecule has 12 aromatic rings. The summed E-state index contributed by atoms with van der Waals surface area (Å²) in [6, 6.07) is 41.3. The first-order valence-corrected chi connectivity index (χ1v) is 52.8. The summed E-state index contributed by atoms with van der Waals surface area (Å²) in [7, 11) is 3.94. The largest absolute Gasteiger partial charge is 0.508 e. The maximum absolute atomic E-state index is 13.8. The second kappa shape index (κ2) is 48.3. The molecule has 0 saturated heterocycles. The number of esters is 5. The topological polar surface area (TPSA) is 373 Å². The van der Waals surface area contributed by atoms with Gasteiger partial charge in [0.1, 0.15) is 61.9 Å². The Hall–Kier alpha value is -13.7. The van der Waals surface area contributed by atoms with Gasteiger partial charge >= 0.3 is 41.8 Å². The lowest BCUT2D eigenvalue weighted by atomic mass is 9.82. The number of aryl methyl sites for hydroxylation is 1. The fraction of sp³-hybridized carbons (Fsp3) is 0.450. The standard InChI is InChI=1S/C34H37NO6.C30H38BrNO6.C30H37NO6.C26H29NO6/c1-20(2)35(33(38)23-12-10-21(3)11-13-23)29-18-27-26-17-24(14-15-31(26)41-32(27)19-28(29)34(39)40)30(37)9-5-7-22-6-4-8-25(36)16-22;1-18(2)32(27(33)20-10-8-19(3)9-11-20)25-14-13-22(17-23(25)29(35)36-7)37-26-15-12-21(16-24(26)31)28(34)38-30(4,5)6;1-17(2)31(27(32)19-10-8-18(3)9-11-19)24-15-22-21-14-20(28(33)37-30(4,5)6)12-13-25(21)36-26(22)16-23(24)29(34)35-7;1-14(2)27(24(28)16-7-5-15(3)6-8-16)21-12-19-18-11-17(25(29)30)9-10-22(18)33-23(19)13-20(21)26(31)32-4/h4,6,8,14-21,23,36H,5,7,9-13H2,1-3H3,(H,39,40);12-20H,8-11H2,1-7H3;12-19H,8-11H2,1-7H3;9-16H,5-8H2,1-4H3,(H,29,30). The number of ether oxygens (including phenoxy) is 6. The third-order valence-corrected chi connectivity index (χ3v) is 29.1. The van der Waals surface area contributed by atoms with Gasteiger partial charge in [0, 0.05) is 92.1 Å². The van der Waals surface area contributed by atoms with E-state index in [1.165, 1.54) is 33.5 Å². The minimum Gasteiger partial charge on any atom is -0.508 e. The van der Waals surface area contributed by atoms with Crippen molar-refractivity contribution in [2.45, 2.75) is 282 Å². The summed E-state index contributed by atoms with van der Waals surface area (Å²) in [5.41, 5.74) is 6.73. The predicted molar refractivity (Wildman–Crippen MR) is 580 cm³/mol. The van der Waals surface area contributed by atoms with Gasteiger partial charge in [-0.05, 0) is 397 Å². The zero-order valence-electron chi connectivity index (χ0n) is 89.4. The van der Waals surface area contributed by atoms with E-state index in [1.54, 1.807) is 147 Å². The molecule has 0 atom stereocenters. The van der Waals surface area contributed by atoms with Crippen LogP contribution < -0.4 is 24.3 Å². The number of halogens is 1. The van der Waals surface area contributed by atoms with E-state index in [0.717, 1.165) is 108 Å². The van der Waals surface area contributed by atoms with Crippen LogP contribution in [0.2, 0.25) is 0 Å². The molecule has 4 saturated carbocycles. The monoisotopic (exact) mass is 2100 g/mol. The summed E-state index contributed by atoms with van der Waals surface area (Å²) in [4.78, 5) is 162. The van der Waals surface area contributed by atoms with Crippen LogP contribution in [0.25, 0.3) is 65.8 Å². The van der Waals surface area contributed by atoms with Crippen molar-refractivity contribution >= 4 is 176 Å². The normalized spacial score (nSPS) is 17.9. The van der Waals surface area contributed by atoms with E-state index in [0.29, 0.717) is 164 Å². The SMILES string of the molecule is CC1CCC(C(=O)N(c2cc3c(cc2C(=O)O)oc2ccc(C(=O)CCCc4cccc(O)c4)cc23)C(C)C)CC1.COC(=O)c1cc(Oc2ccc(C(=O)OC(C)(C)C)cc2Br)ccc1N(C(=O)C1CCC(C)CC1)C(C)C.COC(=O)c1cc2oc3ccc(C(=O)O)cc3c2cc1N(C(=O)C1CCC(C)CC1)C(C)C.COC(=O)c1cc2oc3ccc(C(=O)OC(C)(C)C)cc3c2cc1N(C(=O)C1CCC(C)CC1)C(C)C. The molecular formula is C120H141BrN4O24. The smallest absolute Gasteiger partial charge is 0.340 e. The van der Waals surface area contributed by atoms with Gasteiger partial charge in [-0.3, -0.25) is 24.0 Å². The highest BCUT2D eigenvalue weighted by atomic mass is 79.9. The number of carbonyl (C=O) groups excluding carboxylic acids is 10. The number of benzene rings is 9. The predicted octanol–water partition coefficient (Wildman–Crippen LogP) is 27.8. The van der Waals surface area contributed by atoms with Crippen LogP contribution in [-0.2, 0) is 49.3 Å². The molecule has 4 fully saturated rings. The van der Waals surface area contributed by atoms with Crippen LogP contribution in [0.3, 0.4) is 0 Å². The zero-order chi connectivity index (χ0) is 108. The van der Waals surface area contributed by atoms with Gasteiger partial charge in [-0.25, -0.2) is 33.6 Å². The van der Waals surface area contributed by atoms with Crippen molar-refractivity contribution in [2.75, 3.05) is 40.9 Å². The fourth-order valence-corrected chi connectivity index (χ4v) is 20.9. The summed E-state index contributed by atoms with van der Waals surface area (Å²) in [6.07, 6.45) is 16.4. The molecule has 792 valence electrons. The maximum atomic E-state index is 13.8. The number of aromatic hydroxyl groups is 1. The number of furan rings is 3. The van der Waals surface area contributed by atoms with E-state index in [4.69, 9.17) is 41.7 Å². The first-order chi connectivity index (χ1) is 70.5. The molecule has 16 rings (SSSR count). The number of ketones is 1. The Kier molecular flexibility index (Phi) is 36.5. The molecule has 9 aromatic carbocycles. The van der Waals surface area contributed by atoms with E-state index < -0.39 is 53.0 Å². The number of rotatable bonds is 26. The lowest BCUT2D eigenvalue weighted by Gasteiger charge is -2.34. The van der Waals surface area contributed by atoms with Crippen molar-refractivity contribution < 1.29 is 115 Å². The van der Waals surface area contributed by atoms with Gasteiger partial charge in [0.2, 0.25) is 23.6 Å². The second-order valence-electron chi connectivity index (χ2n) is 43.5. The molecule has 0 radical (unpaired) electrons. The van der Waals surface area contributed by atoms with Gasteiger partial charge in [0.25, 0.3) is 0 Å². The third kappa shape index (κ3) is 27.0. The molecule has 0 bridgehead atoms. The number of phenols is 1. The molecule has 0 spiro atoms. The summed E-state index contributed by atoms with van der Waals surface area (Å²) >= 11 is 3.46. The van der Waals surface area contributed by atoms with Crippen LogP contribution in [0, 0.1) is 47.3 Å². The fourth-order valence-electron chi connectivity index (χ4n) is 20.5. The van der Waals surface area contributed by atoms with Crippen molar-refractivity contribution in [2.24, 2.45) is 47.3 Å². The number of aromatic carboxylic acids is 2. The lowest BCUT2D eigenvalue weighted by molar-refractivity contribution is -0.124. The first-order valence-electron chi connectivity index (χ1n) is 52.0. The Labute approximate surface area is 878 Å². The molecule has 4 aliphatic carbocycles. The number of carboxylic acids is 2. The lowest BCUT2D eigenvalue weighted by Crippen LogP contribution is -2.43. The third-order valence-electron chi connectivity index (χ3n) is 28.5. The molecule has 28 nitrogen and oxygen atoms in total. The number of methoxy groups -OCH3 is 3. The molecule has 4 amide bonds. The van der Waals surface area contributed by atoms with E-state index in [9.17, 15) is 72.9 Å². The highest BCUT2D eigenvalue weighted by Crippen LogP contribution is 2.46. The molecule has 3 N–H and O–H groups in total. The van der Waals surface area contributed by atoms with Crippen molar-refractivity contribution in [1.29, 1.82) is 0 Å². The number of nitrogens with zero attached hydrogens (tertiary/aromatic N) is 4. The van der Waals surface area contributed by atoms with Gasteiger partial charge in [0.15, 0.2) is 5.78 Å². The number of phenolic OH excluding ortho intramolecular Hbond substituents is 1. The van der Waals surface area contributed by atoms with Crippen molar-refractivity contribution in [3.63, 3.8) is 0 Å². The van der Waals surface area contributed by atoms with Gasteiger partial charge in [-0.2, -0.15) is 0 Å². The number of carbonyl (C=O) groups is 12. The molecular weight excluding hydrogens is 1960 g/mol. The number of hydrogen-bond acceptors (Lipinski definition) is 22. The molecule has 3 heterocycles. The van der Waals surface area contributed by atoms with E-state index in [-0.39, 0.29) is 111 Å². The molecule has 0 unspecified atom stereocenters. The molecule has 0 aliphatic heterocycles. The van der Waals surface area contributed by atoms with Gasteiger partial charge in [0.05, 0.1) is 87.5 Å². The number of fused-ring (bicyclic) bond motifs is 9. The van der Waals surface area contributed by atoms with Gasteiger partial charge in [-0.1, -0.05) is 39.8 Å². The van der Waals surface area contributed by atoms with Crippen LogP contribution in [-0.4, -0.2) is 143 Å². The average molecular weight is 2100 g/mol. The zero-order valence-corrected chi connectivity index (χ0v) is 91.0. The average Bonchev–Trinajstić information content (AvgIpc) is 1.61.